The Kier molecular flexibility index (Phi) is 5.27. The molecule has 2 aromatic carbocycles. The monoisotopic (exact) mass is 439 g/mol. The molecular weight excluding hydrogens is 423 g/mol. The fourth-order valence-corrected chi connectivity index (χ4v) is 3.33. The third-order valence-electron chi connectivity index (χ3n) is 4.71. The predicted molar refractivity (Wildman–Crippen MR) is 114 cm³/mol. The number of nitrogens with two attached hydrogens (primary N) is 1. The van der Waals surface area contributed by atoms with Crippen LogP contribution < -0.4 is 16.4 Å². The quantitative estimate of drug-likeness (QED) is 0.359. The highest BCUT2D eigenvalue weighted by Gasteiger charge is 2.33. The number of amides is 3. The molecular formula is C22H16F3N5O2. The highest BCUT2D eigenvalue weighted by atomic mass is 19.4. The molecule has 7 nitrogen and oxygen atoms in total. The largest absolute Gasteiger partial charge is 0.418 e. The Labute approximate surface area is 179 Å². The lowest BCUT2D eigenvalue weighted by molar-refractivity contribution is -0.136. The Morgan fingerprint density at radius 2 is 1.66 bits per heavy atom. The van der Waals surface area contributed by atoms with E-state index in [1.165, 1.54) is 18.2 Å². The number of alkyl halides is 3. The first-order chi connectivity index (χ1) is 15.2. The van der Waals surface area contributed by atoms with Gasteiger partial charge < -0.3 is 21.4 Å². The molecule has 4 aromatic rings. The maximum absolute atomic E-state index is 13.1. The van der Waals surface area contributed by atoms with Gasteiger partial charge in [0.15, 0.2) is 0 Å². The highest BCUT2D eigenvalue weighted by molar-refractivity contribution is 6.08. The number of hydrogen-bond acceptors (Lipinski definition) is 3. The summed E-state index contributed by atoms with van der Waals surface area (Å²) in [6.07, 6.45) is -3.01. The van der Waals surface area contributed by atoms with E-state index in [0.717, 1.165) is 6.07 Å². The summed E-state index contributed by atoms with van der Waals surface area (Å²) in [6.45, 7) is 0. The molecule has 0 bridgehead atoms. The average Bonchev–Trinajstić information content (AvgIpc) is 3.14. The zero-order valence-electron chi connectivity index (χ0n) is 16.3. The van der Waals surface area contributed by atoms with E-state index in [1.54, 1.807) is 42.6 Å². The van der Waals surface area contributed by atoms with Gasteiger partial charge in [0.05, 0.1) is 22.3 Å². The van der Waals surface area contributed by atoms with Crippen LogP contribution in [0, 0.1) is 0 Å². The summed E-state index contributed by atoms with van der Waals surface area (Å²) in [5.74, 6) is -0.650. The lowest BCUT2D eigenvalue weighted by Crippen LogP contribution is -2.21. The summed E-state index contributed by atoms with van der Waals surface area (Å²) >= 11 is 0. The fraction of sp³-hybridized carbons (Fsp3) is 0.0455. The van der Waals surface area contributed by atoms with Crippen LogP contribution in [0.2, 0.25) is 0 Å². The first kappa shape index (κ1) is 20.9. The third-order valence-corrected chi connectivity index (χ3v) is 4.71. The van der Waals surface area contributed by atoms with E-state index in [-0.39, 0.29) is 11.4 Å². The van der Waals surface area contributed by atoms with Crippen molar-refractivity contribution in [3.63, 3.8) is 0 Å². The molecule has 0 spiro atoms. The van der Waals surface area contributed by atoms with E-state index in [0.29, 0.717) is 27.8 Å². The molecule has 0 aliphatic heterocycles. The van der Waals surface area contributed by atoms with Crippen LogP contribution in [0.15, 0.2) is 66.9 Å². The summed E-state index contributed by atoms with van der Waals surface area (Å²) in [5, 5.41) is 4.69. The van der Waals surface area contributed by atoms with Gasteiger partial charge in [-0.25, -0.2) is 4.79 Å². The molecule has 162 valence electrons. The molecule has 0 aliphatic carbocycles. The number of rotatable bonds is 4. The van der Waals surface area contributed by atoms with Crippen molar-refractivity contribution < 1.29 is 22.8 Å². The molecule has 2 heterocycles. The minimum atomic E-state index is -4.60. The summed E-state index contributed by atoms with van der Waals surface area (Å²) in [6, 6.07) is 13.7. The molecule has 0 aliphatic rings. The van der Waals surface area contributed by atoms with Crippen molar-refractivity contribution in [2.75, 3.05) is 10.6 Å². The Hall–Kier alpha value is -4.34. The van der Waals surface area contributed by atoms with Gasteiger partial charge in [0, 0.05) is 17.4 Å². The van der Waals surface area contributed by atoms with Gasteiger partial charge in [-0.05, 0) is 42.0 Å². The first-order valence-corrected chi connectivity index (χ1v) is 9.35. The van der Waals surface area contributed by atoms with Crippen LogP contribution >= 0.6 is 0 Å². The summed E-state index contributed by atoms with van der Waals surface area (Å²) in [7, 11) is 0. The predicted octanol–water partition coefficient (Wildman–Crippen LogP) is 4.99. The van der Waals surface area contributed by atoms with Gasteiger partial charge in [-0.2, -0.15) is 13.2 Å². The SMILES string of the molecule is NC(=O)c1[nH]c2cccnc2c1-c1ccc(NC(=O)Nc2ccccc2C(F)(F)F)cc1. The number of pyridine rings is 1. The van der Waals surface area contributed by atoms with E-state index in [4.69, 9.17) is 5.73 Å². The van der Waals surface area contributed by atoms with E-state index in [2.05, 4.69) is 20.6 Å². The van der Waals surface area contributed by atoms with Gasteiger partial charge in [0.25, 0.3) is 5.91 Å². The Balaban J connectivity index is 1.56. The van der Waals surface area contributed by atoms with E-state index in [9.17, 15) is 22.8 Å². The number of primary amides is 1. The number of fused-ring (bicyclic) bond motifs is 1. The first-order valence-electron chi connectivity index (χ1n) is 9.35. The van der Waals surface area contributed by atoms with Crippen LogP contribution in [0.1, 0.15) is 16.1 Å². The van der Waals surface area contributed by atoms with Crippen LogP contribution in [0.25, 0.3) is 22.2 Å². The number of anilines is 2. The second-order valence-electron chi connectivity index (χ2n) is 6.84. The Morgan fingerprint density at radius 3 is 2.34 bits per heavy atom. The van der Waals surface area contributed by atoms with Crippen LogP contribution in [-0.2, 0) is 6.18 Å². The standard InChI is InChI=1S/C22H16F3N5O2/c23-22(24,25)14-4-1-2-5-15(14)30-21(32)28-13-9-7-12(8-10-13)17-18-16(6-3-11-27-18)29-19(17)20(26)31/h1-11,29H,(H2,26,31)(H2,28,30,32). The molecule has 0 fully saturated rings. The second kappa shape index (κ2) is 8.06. The molecule has 2 aromatic heterocycles. The maximum atomic E-state index is 13.1. The number of aromatic nitrogens is 2. The molecule has 0 atom stereocenters. The number of hydrogen-bond donors (Lipinski definition) is 4. The number of urea groups is 1. The minimum absolute atomic E-state index is 0.195. The van der Waals surface area contributed by atoms with Crippen molar-refractivity contribution in [3.8, 4) is 11.1 Å². The number of H-pyrrole nitrogens is 1. The smallest absolute Gasteiger partial charge is 0.364 e. The van der Waals surface area contributed by atoms with Crippen LogP contribution in [-0.4, -0.2) is 21.9 Å². The number of aromatic amines is 1. The average molecular weight is 439 g/mol. The second-order valence-corrected chi connectivity index (χ2v) is 6.84. The maximum Gasteiger partial charge on any atom is 0.418 e. The fourth-order valence-electron chi connectivity index (χ4n) is 3.33. The number of nitrogens with one attached hydrogen (secondary N) is 3. The number of benzene rings is 2. The summed E-state index contributed by atoms with van der Waals surface area (Å²) in [5.41, 5.74) is 7.05. The molecule has 4 rings (SSSR count). The van der Waals surface area contributed by atoms with Crippen molar-refractivity contribution in [1.82, 2.24) is 9.97 Å². The molecule has 5 N–H and O–H groups in total. The topological polar surface area (TPSA) is 113 Å². The third kappa shape index (κ3) is 4.10. The lowest BCUT2D eigenvalue weighted by atomic mass is 10.0. The van der Waals surface area contributed by atoms with Crippen LogP contribution in [0.4, 0.5) is 29.3 Å². The van der Waals surface area contributed by atoms with Gasteiger partial charge in [-0.1, -0.05) is 24.3 Å². The van der Waals surface area contributed by atoms with Crippen molar-refractivity contribution in [2.24, 2.45) is 5.73 Å². The zero-order chi connectivity index (χ0) is 22.9. The summed E-state index contributed by atoms with van der Waals surface area (Å²) < 4.78 is 39.3. The Bertz CT molecular complexity index is 1310. The Morgan fingerprint density at radius 1 is 0.938 bits per heavy atom. The van der Waals surface area contributed by atoms with Crippen LogP contribution in [0.3, 0.4) is 0 Å². The highest BCUT2D eigenvalue weighted by Crippen LogP contribution is 2.35. The van der Waals surface area contributed by atoms with Gasteiger partial charge in [0.2, 0.25) is 0 Å². The van der Waals surface area contributed by atoms with Crippen molar-refractivity contribution in [3.05, 3.63) is 78.1 Å². The van der Waals surface area contributed by atoms with Gasteiger partial charge in [-0.3, -0.25) is 9.78 Å². The van der Waals surface area contributed by atoms with Gasteiger partial charge in [0.1, 0.15) is 5.69 Å². The van der Waals surface area contributed by atoms with Gasteiger partial charge >= 0.3 is 12.2 Å². The van der Waals surface area contributed by atoms with Crippen molar-refractivity contribution in [1.29, 1.82) is 0 Å². The van der Waals surface area contributed by atoms with Crippen molar-refractivity contribution >= 4 is 34.3 Å². The van der Waals surface area contributed by atoms with Crippen LogP contribution in [0.5, 0.6) is 0 Å². The van der Waals surface area contributed by atoms with E-state index >= 15 is 0 Å². The molecule has 32 heavy (non-hydrogen) atoms. The number of nitrogens with zero attached hydrogens (tertiary/aromatic N) is 1. The summed E-state index contributed by atoms with van der Waals surface area (Å²) in [4.78, 5) is 31.3. The van der Waals surface area contributed by atoms with Gasteiger partial charge in [-0.15, -0.1) is 0 Å². The molecule has 0 radical (unpaired) electrons. The number of para-hydroxylation sites is 1. The van der Waals surface area contributed by atoms with E-state index in [1.807, 2.05) is 0 Å². The number of carbonyl (C=O) groups is 2. The molecule has 10 heteroatoms. The number of carbonyl (C=O) groups excluding carboxylic acids is 2. The number of halogens is 3. The molecule has 3 amide bonds. The molecule has 0 unspecified atom stereocenters. The van der Waals surface area contributed by atoms with E-state index < -0.39 is 23.7 Å². The normalized spacial score (nSPS) is 11.3. The lowest BCUT2D eigenvalue weighted by Gasteiger charge is -2.14. The minimum Gasteiger partial charge on any atom is -0.364 e. The molecule has 0 saturated carbocycles. The zero-order valence-corrected chi connectivity index (χ0v) is 16.3. The molecule has 0 saturated heterocycles. The van der Waals surface area contributed by atoms with Crippen molar-refractivity contribution in [2.45, 2.75) is 6.18 Å².